The smallest absolute Gasteiger partial charge is 0.112 e. The molecule has 2 heteroatoms. The second-order valence-electron chi connectivity index (χ2n) is 7.51. The van der Waals surface area contributed by atoms with E-state index in [0.29, 0.717) is 35.5 Å². The van der Waals surface area contributed by atoms with Gasteiger partial charge < -0.3 is 0 Å². The van der Waals surface area contributed by atoms with Crippen molar-refractivity contribution in [1.29, 1.82) is 0 Å². The molecule has 0 heterocycles. The van der Waals surface area contributed by atoms with Crippen LogP contribution in [0.5, 0.6) is 0 Å². The van der Waals surface area contributed by atoms with Crippen LogP contribution in [0.3, 0.4) is 0 Å². The molecule has 0 spiro atoms. The summed E-state index contributed by atoms with van der Waals surface area (Å²) < 4.78 is 29.2. The molecular weight excluding hydrogens is 206 g/mol. The highest BCUT2D eigenvalue weighted by atomic mass is 19.1. The lowest BCUT2D eigenvalue weighted by molar-refractivity contribution is -0.260. The van der Waals surface area contributed by atoms with Gasteiger partial charge in [0.25, 0.3) is 0 Å². The van der Waals surface area contributed by atoms with Crippen LogP contribution in [0.2, 0.25) is 0 Å². The molecule has 0 atom stereocenters. The number of rotatable bonds is 0. The van der Waals surface area contributed by atoms with Gasteiger partial charge in [0, 0.05) is 0 Å². The quantitative estimate of drug-likeness (QED) is 0.590. The highest BCUT2D eigenvalue weighted by Gasteiger charge is 2.71. The Hall–Kier alpha value is -0.140. The predicted octanol–water partition coefficient (Wildman–Crippen LogP) is 3.51. The number of hydrogen-bond acceptors (Lipinski definition) is 0. The van der Waals surface area contributed by atoms with E-state index in [9.17, 15) is 8.78 Å². The monoisotopic (exact) mass is 224 g/mol. The Bertz CT molecular complexity index is 276. The average Bonchev–Trinajstić information content (AvgIpc) is 2.22. The molecule has 7 aliphatic carbocycles. The van der Waals surface area contributed by atoms with Crippen molar-refractivity contribution in [3.05, 3.63) is 0 Å². The minimum absolute atomic E-state index is 0.558. The van der Waals surface area contributed by atoms with Gasteiger partial charge in [-0.1, -0.05) is 0 Å². The largest absolute Gasteiger partial charge is 0.244 e. The molecule has 0 amide bonds. The van der Waals surface area contributed by atoms with Crippen LogP contribution in [0.15, 0.2) is 0 Å². The van der Waals surface area contributed by atoms with E-state index in [0.717, 1.165) is 38.5 Å². The van der Waals surface area contributed by atoms with Crippen molar-refractivity contribution in [2.75, 3.05) is 0 Å². The standard InChI is InChI=1S/C14H18F2/c15-13-1-7-8-4-14(16)5-9(7)11(3-13)12(6-14)10(8)2-13/h7-12H,1-6H2. The second kappa shape index (κ2) is 2.22. The van der Waals surface area contributed by atoms with Crippen molar-refractivity contribution in [3.8, 4) is 0 Å². The van der Waals surface area contributed by atoms with Gasteiger partial charge in [-0.3, -0.25) is 0 Å². The molecule has 88 valence electrons. The summed E-state index contributed by atoms with van der Waals surface area (Å²) in [6.07, 6.45) is 4.66. The van der Waals surface area contributed by atoms with E-state index in [1.54, 1.807) is 0 Å². The SMILES string of the molecule is FC12CC3C4CC5(F)CC3C(C1)C(C5)C4C2. The van der Waals surface area contributed by atoms with Gasteiger partial charge in [-0.15, -0.1) is 0 Å². The summed E-state index contributed by atoms with van der Waals surface area (Å²) in [7, 11) is 0. The molecule has 0 aliphatic heterocycles. The molecule has 0 nitrogen and oxygen atoms in total. The lowest BCUT2D eigenvalue weighted by Gasteiger charge is -2.71. The van der Waals surface area contributed by atoms with Crippen LogP contribution >= 0.6 is 0 Å². The van der Waals surface area contributed by atoms with Crippen LogP contribution < -0.4 is 0 Å². The maximum absolute atomic E-state index is 14.6. The van der Waals surface area contributed by atoms with Crippen LogP contribution in [0.25, 0.3) is 0 Å². The fourth-order valence-corrected chi connectivity index (χ4v) is 6.76. The Balaban J connectivity index is 1.68. The molecule has 8 bridgehead atoms. The van der Waals surface area contributed by atoms with E-state index < -0.39 is 11.3 Å². The summed E-state index contributed by atoms with van der Waals surface area (Å²) in [4.78, 5) is 0. The Morgan fingerprint density at radius 2 is 0.688 bits per heavy atom. The summed E-state index contributed by atoms with van der Waals surface area (Å²) in [6, 6.07) is 0. The maximum atomic E-state index is 14.6. The summed E-state index contributed by atoms with van der Waals surface area (Å²) >= 11 is 0. The molecule has 0 radical (unpaired) electrons. The van der Waals surface area contributed by atoms with Gasteiger partial charge in [-0.05, 0) is 74.0 Å². The topological polar surface area (TPSA) is 0 Å². The minimum atomic E-state index is -0.836. The second-order valence-corrected chi connectivity index (χ2v) is 7.51. The molecule has 0 N–H and O–H groups in total. The third kappa shape index (κ3) is 0.790. The van der Waals surface area contributed by atoms with Crippen LogP contribution in [-0.4, -0.2) is 11.3 Å². The van der Waals surface area contributed by atoms with Crippen LogP contribution in [0.4, 0.5) is 8.78 Å². The Morgan fingerprint density at radius 3 is 0.875 bits per heavy atom. The zero-order valence-corrected chi connectivity index (χ0v) is 9.46. The van der Waals surface area contributed by atoms with Crippen molar-refractivity contribution >= 4 is 0 Å². The van der Waals surface area contributed by atoms with Crippen molar-refractivity contribution in [2.24, 2.45) is 35.5 Å². The lowest BCUT2D eigenvalue weighted by Crippen LogP contribution is -2.69. The molecule has 7 aliphatic rings. The normalized spacial score (nSPS) is 73.9. The zero-order chi connectivity index (χ0) is 10.7. The van der Waals surface area contributed by atoms with Gasteiger partial charge in [0.05, 0.1) is 0 Å². The molecule has 7 rings (SSSR count). The number of halogens is 2. The van der Waals surface area contributed by atoms with Crippen molar-refractivity contribution < 1.29 is 8.78 Å². The first-order valence-corrected chi connectivity index (χ1v) is 6.95. The first kappa shape index (κ1) is 8.88. The van der Waals surface area contributed by atoms with Crippen LogP contribution in [0, 0.1) is 35.5 Å². The Morgan fingerprint density at radius 1 is 0.500 bits per heavy atom. The summed E-state index contributed by atoms with van der Waals surface area (Å²) in [5, 5.41) is 0. The van der Waals surface area contributed by atoms with E-state index in [-0.39, 0.29) is 0 Å². The third-order valence-corrected chi connectivity index (χ3v) is 6.91. The van der Waals surface area contributed by atoms with E-state index in [4.69, 9.17) is 0 Å². The predicted molar refractivity (Wildman–Crippen MR) is 56.3 cm³/mol. The van der Waals surface area contributed by atoms with Gasteiger partial charge >= 0.3 is 0 Å². The minimum Gasteiger partial charge on any atom is -0.244 e. The molecule has 0 aromatic carbocycles. The first-order valence-electron chi connectivity index (χ1n) is 6.95. The van der Waals surface area contributed by atoms with Crippen molar-refractivity contribution in [1.82, 2.24) is 0 Å². The zero-order valence-electron chi connectivity index (χ0n) is 9.46. The van der Waals surface area contributed by atoms with Crippen molar-refractivity contribution in [2.45, 2.75) is 49.9 Å². The Labute approximate surface area is 94.8 Å². The van der Waals surface area contributed by atoms with Gasteiger partial charge in [0.15, 0.2) is 0 Å². The van der Waals surface area contributed by atoms with Gasteiger partial charge in [-0.25, -0.2) is 8.78 Å². The summed E-state index contributed by atoms with van der Waals surface area (Å²) in [5.74, 6) is 3.35. The molecule has 0 saturated heterocycles. The van der Waals surface area contributed by atoms with E-state index in [1.165, 1.54) is 0 Å². The fraction of sp³-hybridized carbons (Fsp3) is 1.00. The molecular formula is C14H18F2. The van der Waals surface area contributed by atoms with Gasteiger partial charge in [0.1, 0.15) is 11.3 Å². The van der Waals surface area contributed by atoms with Gasteiger partial charge in [-0.2, -0.15) is 0 Å². The third-order valence-electron chi connectivity index (χ3n) is 6.91. The highest BCUT2D eigenvalue weighted by Crippen LogP contribution is 2.74. The van der Waals surface area contributed by atoms with Crippen LogP contribution in [-0.2, 0) is 0 Å². The van der Waals surface area contributed by atoms with E-state index in [2.05, 4.69) is 0 Å². The average molecular weight is 224 g/mol. The molecule has 7 saturated carbocycles. The van der Waals surface area contributed by atoms with Crippen LogP contribution in [0.1, 0.15) is 38.5 Å². The Kier molecular flexibility index (Phi) is 1.23. The number of hydrogen-bond donors (Lipinski definition) is 0. The molecule has 7 fully saturated rings. The van der Waals surface area contributed by atoms with Gasteiger partial charge in [0.2, 0.25) is 0 Å². The number of alkyl halides is 2. The molecule has 0 aromatic heterocycles. The maximum Gasteiger partial charge on any atom is 0.112 e. The summed E-state index contributed by atoms with van der Waals surface area (Å²) in [5.41, 5.74) is -1.67. The van der Waals surface area contributed by atoms with Crippen molar-refractivity contribution in [3.63, 3.8) is 0 Å². The summed E-state index contributed by atoms with van der Waals surface area (Å²) in [6.45, 7) is 0. The van der Waals surface area contributed by atoms with E-state index >= 15 is 0 Å². The highest BCUT2D eigenvalue weighted by molar-refractivity contribution is 5.20. The lowest BCUT2D eigenvalue weighted by atomic mass is 9.34. The van der Waals surface area contributed by atoms with E-state index in [1.807, 2.05) is 0 Å². The first-order chi connectivity index (χ1) is 7.57. The molecule has 16 heavy (non-hydrogen) atoms. The molecule has 0 unspecified atom stereocenters. The molecule has 0 aromatic rings. The fourth-order valence-electron chi connectivity index (χ4n) is 6.76.